The molecule has 0 aromatic heterocycles. The number of halogens is 2. The van der Waals surface area contributed by atoms with Gasteiger partial charge in [0.05, 0.1) is 12.1 Å². The fourth-order valence-corrected chi connectivity index (χ4v) is 2.60. The van der Waals surface area contributed by atoms with Crippen LogP contribution in [0.5, 0.6) is 0 Å². The molecule has 0 amide bonds. The Kier molecular flexibility index (Phi) is 5.12. The number of amidine groups is 1. The number of carbonyl (C=O) groups excluding carboxylic acids is 1. The number of carbonyl (C=O) groups is 1. The summed E-state index contributed by atoms with van der Waals surface area (Å²) in [5.74, 6) is 0.754. The second-order valence-corrected chi connectivity index (χ2v) is 6.49. The molecule has 2 aromatic carbocycles. The molecule has 1 aliphatic rings. The van der Waals surface area contributed by atoms with E-state index in [0.29, 0.717) is 22.7 Å². The second kappa shape index (κ2) is 6.73. The van der Waals surface area contributed by atoms with Gasteiger partial charge in [0.1, 0.15) is 5.84 Å². The predicted octanol–water partition coefficient (Wildman–Crippen LogP) is 4.12. The van der Waals surface area contributed by atoms with Crippen LogP contribution in [0.15, 0.2) is 53.5 Å². The van der Waals surface area contributed by atoms with Gasteiger partial charge in [-0.15, -0.1) is 12.4 Å². The number of hydrogen-bond donors (Lipinski definition) is 1. The molecule has 0 spiro atoms. The van der Waals surface area contributed by atoms with Crippen molar-refractivity contribution in [1.82, 2.24) is 5.32 Å². The van der Waals surface area contributed by atoms with Gasteiger partial charge in [-0.2, -0.15) is 0 Å². The van der Waals surface area contributed by atoms with E-state index >= 15 is 0 Å². The Bertz CT molecular complexity index is 752. The molecule has 5 heteroatoms. The first kappa shape index (κ1) is 17.5. The normalized spacial score (nSPS) is 15.3. The number of hydrogen-bond acceptors (Lipinski definition) is 3. The van der Waals surface area contributed by atoms with E-state index < -0.39 is 0 Å². The summed E-state index contributed by atoms with van der Waals surface area (Å²) < 4.78 is 0. The zero-order chi connectivity index (χ0) is 15.7. The Morgan fingerprint density at radius 2 is 1.78 bits per heavy atom. The van der Waals surface area contributed by atoms with Gasteiger partial charge in [0.15, 0.2) is 5.78 Å². The number of nitrogens with one attached hydrogen (secondary N) is 1. The largest absolute Gasteiger partial charge is 0.363 e. The maximum Gasteiger partial charge on any atom is 0.193 e. The number of aliphatic imine (C=N–C) groups is 1. The van der Waals surface area contributed by atoms with Crippen molar-refractivity contribution in [3.05, 3.63) is 70.2 Å². The summed E-state index contributed by atoms with van der Waals surface area (Å²) in [5, 5.41) is 4.00. The van der Waals surface area contributed by atoms with Crippen LogP contribution in [0.4, 0.5) is 0 Å². The van der Waals surface area contributed by atoms with Crippen LogP contribution >= 0.6 is 24.0 Å². The molecule has 3 nitrogen and oxygen atoms in total. The van der Waals surface area contributed by atoms with E-state index in [4.69, 9.17) is 11.6 Å². The number of ketones is 1. The van der Waals surface area contributed by atoms with Crippen molar-refractivity contribution in [1.29, 1.82) is 0 Å². The highest BCUT2D eigenvalue weighted by atomic mass is 35.5. The van der Waals surface area contributed by atoms with Gasteiger partial charge >= 0.3 is 0 Å². The van der Waals surface area contributed by atoms with Crippen LogP contribution < -0.4 is 5.32 Å². The summed E-state index contributed by atoms with van der Waals surface area (Å²) in [6.45, 7) is 4.88. The van der Waals surface area contributed by atoms with Crippen LogP contribution in [-0.2, 0) is 0 Å². The van der Waals surface area contributed by atoms with Crippen molar-refractivity contribution in [2.24, 2.45) is 4.99 Å². The minimum atomic E-state index is -0.0776. The Labute approximate surface area is 147 Å². The SMILES string of the molecule is CC1(C)CN=C(c2ccccc2C(=O)c2ccc(Cl)cc2)N1.Cl. The number of rotatable bonds is 3. The maximum atomic E-state index is 12.8. The van der Waals surface area contributed by atoms with Gasteiger partial charge in [-0.3, -0.25) is 9.79 Å². The molecule has 0 unspecified atom stereocenters. The first-order valence-electron chi connectivity index (χ1n) is 7.19. The Balaban J connectivity index is 0.00000192. The lowest BCUT2D eigenvalue weighted by Crippen LogP contribution is -2.40. The molecule has 0 radical (unpaired) electrons. The minimum Gasteiger partial charge on any atom is -0.363 e. The van der Waals surface area contributed by atoms with E-state index in [-0.39, 0.29) is 23.7 Å². The lowest BCUT2D eigenvalue weighted by atomic mass is 9.97. The molecule has 0 saturated carbocycles. The average molecular weight is 349 g/mol. The molecule has 120 valence electrons. The third-order valence-corrected chi connectivity index (χ3v) is 3.87. The van der Waals surface area contributed by atoms with E-state index in [1.54, 1.807) is 24.3 Å². The monoisotopic (exact) mass is 348 g/mol. The molecule has 0 aliphatic carbocycles. The van der Waals surface area contributed by atoms with Gasteiger partial charge < -0.3 is 5.32 Å². The molecule has 1 aliphatic heterocycles. The standard InChI is InChI=1S/C18H17ClN2O.ClH/c1-18(2)11-20-17(21-18)15-6-4-3-5-14(15)16(22)12-7-9-13(19)10-8-12;/h3-10H,11H2,1-2H3,(H,20,21);1H. The summed E-state index contributed by atoms with van der Waals surface area (Å²) in [6.07, 6.45) is 0. The third-order valence-electron chi connectivity index (χ3n) is 3.62. The van der Waals surface area contributed by atoms with Gasteiger partial charge in [0.2, 0.25) is 0 Å². The zero-order valence-electron chi connectivity index (χ0n) is 13.0. The quantitative estimate of drug-likeness (QED) is 0.847. The summed E-state index contributed by atoms with van der Waals surface area (Å²) in [5.41, 5.74) is 2.03. The number of benzene rings is 2. The van der Waals surface area contributed by atoms with Crippen molar-refractivity contribution in [2.75, 3.05) is 6.54 Å². The summed E-state index contributed by atoms with van der Waals surface area (Å²) in [4.78, 5) is 17.3. The smallest absolute Gasteiger partial charge is 0.193 e. The highest BCUT2D eigenvalue weighted by Gasteiger charge is 2.27. The van der Waals surface area contributed by atoms with Gasteiger partial charge in [-0.1, -0.05) is 35.9 Å². The summed E-state index contributed by atoms with van der Waals surface area (Å²) in [7, 11) is 0. The van der Waals surface area contributed by atoms with Crippen LogP contribution in [0.3, 0.4) is 0 Å². The van der Waals surface area contributed by atoms with Crippen molar-refractivity contribution in [3.8, 4) is 0 Å². The van der Waals surface area contributed by atoms with Crippen LogP contribution in [0, 0.1) is 0 Å². The Hall–Kier alpha value is -1.84. The third kappa shape index (κ3) is 3.74. The lowest BCUT2D eigenvalue weighted by molar-refractivity contribution is 0.103. The highest BCUT2D eigenvalue weighted by molar-refractivity contribution is 6.30. The highest BCUT2D eigenvalue weighted by Crippen LogP contribution is 2.20. The lowest BCUT2D eigenvalue weighted by Gasteiger charge is -2.19. The fraction of sp³-hybridized carbons (Fsp3) is 0.222. The van der Waals surface area contributed by atoms with Crippen LogP contribution in [0.1, 0.15) is 35.3 Å². The Morgan fingerprint density at radius 3 is 2.39 bits per heavy atom. The molecule has 0 fully saturated rings. The first-order valence-corrected chi connectivity index (χ1v) is 7.56. The van der Waals surface area contributed by atoms with Crippen LogP contribution in [-0.4, -0.2) is 23.7 Å². The van der Waals surface area contributed by atoms with Crippen molar-refractivity contribution in [3.63, 3.8) is 0 Å². The van der Waals surface area contributed by atoms with E-state index in [2.05, 4.69) is 24.2 Å². The van der Waals surface area contributed by atoms with E-state index in [9.17, 15) is 4.79 Å². The maximum absolute atomic E-state index is 12.8. The molecule has 1 heterocycles. The molecule has 0 saturated heterocycles. The molecule has 23 heavy (non-hydrogen) atoms. The predicted molar refractivity (Wildman–Crippen MR) is 97.2 cm³/mol. The van der Waals surface area contributed by atoms with E-state index in [0.717, 1.165) is 11.4 Å². The molecule has 0 bridgehead atoms. The zero-order valence-corrected chi connectivity index (χ0v) is 14.5. The molecule has 0 atom stereocenters. The van der Waals surface area contributed by atoms with Gasteiger partial charge in [0.25, 0.3) is 0 Å². The van der Waals surface area contributed by atoms with Crippen molar-refractivity contribution >= 4 is 35.6 Å². The average Bonchev–Trinajstić information content (AvgIpc) is 2.87. The van der Waals surface area contributed by atoms with Gasteiger partial charge in [-0.05, 0) is 38.1 Å². The van der Waals surface area contributed by atoms with Gasteiger partial charge in [0, 0.05) is 21.7 Å². The first-order chi connectivity index (χ1) is 10.5. The second-order valence-electron chi connectivity index (χ2n) is 6.06. The van der Waals surface area contributed by atoms with Gasteiger partial charge in [-0.25, -0.2) is 0 Å². The fourth-order valence-electron chi connectivity index (χ4n) is 2.47. The number of nitrogens with zero attached hydrogens (tertiary/aromatic N) is 1. The molecule has 3 rings (SSSR count). The van der Waals surface area contributed by atoms with E-state index in [1.165, 1.54) is 0 Å². The van der Waals surface area contributed by atoms with Crippen molar-refractivity contribution in [2.45, 2.75) is 19.4 Å². The van der Waals surface area contributed by atoms with Crippen LogP contribution in [0.2, 0.25) is 5.02 Å². The summed E-state index contributed by atoms with van der Waals surface area (Å²) >= 11 is 5.89. The van der Waals surface area contributed by atoms with E-state index in [1.807, 2.05) is 24.3 Å². The Morgan fingerprint density at radius 1 is 1.13 bits per heavy atom. The molecule has 1 N–H and O–H groups in total. The van der Waals surface area contributed by atoms with Crippen molar-refractivity contribution < 1.29 is 4.79 Å². The molecular weight excluding hydrogens is 331 g/mol. The molecular formula is C18H18Cl2N2O. The summed E-state index contributed by atoms with van der Waals surface area (Å²) in [6, 6.07) is 14.5. The topological polar surface area (TPSA) is 41.5 Å². The molecule has 2 aromatic rings. The van der Waals surface area contributed by atoms with Crippen LogP contribution in [0.25, 0.3) is 0 Å². The minimum absolute atomic E-state index is 0.